The molecule has 2 rings (SSSR count). The van der Waals surface area contributed by atoms with Crippen molar-refractivity contribution in [2.45, 2.75) is 91.1 Å². The first-order valence-electron chi connectivity index (χ1n) is 11.8. The summed E-state index contributed by atoms with van der Waals surface area (Å²) in [5.41, 5.74) is -0.728. The molecule has 0 aromatic heterocycles. The van der Waals surface area contributed by atoms with Gasteiger partial charge in [-0.1, -0.05) is 13.8 Å². The predicted molar refractivity (Wildman–Crippen MR) is 120 cm³/mol. The fourth-order valence-corrected chi connectivity index (χ4v) is 3.87. The van der Waals surface area contributed by atoms with Crippen molar-refractivity contribution in [3.05, 3.63) is 0 Å². The molecule has 2 aliphatic rings. The van der Waals surface area contributed by atoms with Crippen LogP contribution in [0.15, 0.2) is 0 Å². The number of carbonyl (C=O) groups excluding carboxylic acids is 5. The van der Waals surface area contributed by atoms with Gasteiger partial charge in [-0.3, -0.25) is 9.59 Å². The highest BCUT2D eigenvalue weighted by Gasteiger charge is 2.64. The molecule has 0 aromatic rings. The molecule has 0 aromatic carbocycles. The van der Waals surface area contributed by atoms with E-state index >= 15 is 0 Å². The first-order chi connectivity index (χ1) is 15.8. The van der Waals surface area contributed by atoms with Crippen molar-refractivity contribution in [2.24, 2.45) is 5.92 Å². The van der Waals surface area contributed by atoms with E-state index in [1.807, 2.05) is 13.8 Å². The molecule has 3 amide bonds. The van der Waals surface area contributed by atoms with Crippen molar-refractivity contribution in [3.8, 4) is 0 Å². The van der Waals surface area contributed by atoms with E-state index in [-0.39, 0.29) is 19.1 Å². The number of nitrogens with one attached hydrogen (secondary N) is 1. The van der Waals surface area contributed by atoms with E-state index in [1.54, 1.807) is 34.6 Å². The van der Waals surface area contributed by atoms with Crippen LogP contribution in [0.2, 0.25) is 0 Å². The summed E-state index contributed by atoms with van der Waals surface area (Å²) in [6.07, 6.45) is 0.0221. The molecule has 4 atom stereocenters. The zero-order valence-electron chi connectivity index (χ0n) is 21.1. The first-order valence-corrected chi connectivity index (χ1v) is 11.8. The van der Waals surface area contributed by atoms with Crippen LogP contribution >= 0.6 is 0 Å². The van der Waals surface area contributed by atoms with Crippen LogP contribution in [-0.2, 0) is 33.4 Å². The molecule has 0 radical (unpaired) electrons. The maximum atomic E-state index is 13.3. The standard InChI is InChI=1S/C23H37N3O8/c1-8-32-20(29)16-17(21(30)33-9-2)26(16)19(28)15-10-11-25(15)18(27)14(12-13(3)4)24-22(31)34-23(5,6)7/h13-17H,8-12H2,1-7H3,(H,24,31)/t14-,15+,16+,17+/m0/s1. The van der Waals surface area contributed by atoms with Gasteiger partial charge in [0, 0.05) is 6.54 Å². The van der Waals surface area contributed by atoms with Gasteiger partial charge in [0.25, 0.3) is 0 Å². The van der Waals surface area contributed by atoms with Gasteiger partial charge in [0.15, 0.2) is 12.1 Å². The molecule has 0 aliphatic carbocycles. The van der Waals surface area contributed by atoms with Crippen LogP contribution in [0.3, 0.4) is 0 Å². The van der Waals surface area contributed by atoms with Crippen molar-refractivity contribution in [2.75, 3.05) is 19.8 Å². The van der Waals surface area contributed by atoms with Crippen LogP contribution in [-0.4, -0.2) is 89.2 Å². The molecule has 2 fully saturated rings. The summed E-state index contributed by atoms with van der Waals surface area (Å²) in [4.78, 5) is 65.8. The van der Waals surface area contributed by atoms with Gasteiger partial charge < -0.3 is 29.3 Å². The zero-order valence-corrected chi connectivity index (χ0v) is 21.1. The third-order valence-electron chi connectivity index (χ3n) is 5.40. The lowest BCUT2D eigenvalue weighted by Crippen LogP contribution is -2.62. The van der Waals surface area contributed by atoms with Crippen LogP contribution in [0.1, 0.15) is 61.3 Å². The number of rotatable bonds is 9. The summed E-state index contributed by atoms with van der Waals surface area (Å²) < 4.78 is 15.3. The first kappa shape index (κ1) is 27.4. The maximum Gasteiger partial charge on any atom is 0.408 e. The fourth-order valence-electron chi connectivity index (χ4n) is 3.87. The Morgan fingerprint density at radius 2 is 1.50 bits per heavy atom. The molecule has 2 aliphatic heterocycles. The number of likely N-dealkylation sites (tertiary alicyclic amines) is 1. The normalized spacial score (nSPS) is 22.4. The molecule has 34 heavy (non-hydrogen) atoms. The number of alkyl carbamates (subject to hydrolysis) is 1. The minimum atomic E-state index is -1.06. The van der Waals surface area contributed by atoms with Crippen molar-refractivity contribution in [3.63, 3.8) is 0 Å². The highest BCUT2D eigenvalue weighted by atomic mass is 16.6. The molecule has 0 spiro atoms. The van der Waals surface area contributed by atoms with Gasteiger partial charge in [0.05, 0.1) is 13.2 Å². The average Bonchev–Trinajstić information content (AvgIpc) is 3.41. The van der Waals surface area contributed by atoms with Crippen LogP contribution in [0.4, 0.5) is 4.79 Å². The number of hydrogen-bond acceptors (Lipinski definition) is 8. The van der Waals surface area contributed by atoms with Crippen LogP contribution in [0.25, 0.3) is 0 Å². The lowest BCUT2D eigenvalue weighted by atomic mass is 9.97. The molecule has 2 heterocycles. The Morgan fingerprint density at radius 3 is 1.88 bits per heavy atom. The third-order valence-corrected chi connectivity index (χ3v) is 5.40. The number of ether oxygens (including phenoxy) is 3. The lowest BCUT2D eigenvalue weighted by Gasteiger charge is -2.42. The molecular weight excluding hydrogens is 446 g/mol. The fraction of sp³-hybridized carbons (Fsp3) is 0.783. The lowest BCUT2D eigenvalue weighted by molar-refractivity contribution is -0.154. The molecule has 192 valence electrons. The largest absolute Gasteiger partial charge is 0.464 e. The monoisotopic (exact) mass is 483 g/mol. The maximum absolute atomic E-state index is 13.3. The van der Waals surface area contributed by atoms with E-state index < -0.39 is 59.6 Å². The van der Waals surface area contributed by atoms with Gasteiger partial charge >= 0.3 is 18.0 Å². The number of amides is 3. The van der Waals surface area contributed by atoms with Gasteiger partial charge in [-0.05, 0) is 53.4 Å². The Balaban J connectivity index is 2.13. The molecule has 0 bridgehead atoms. The quantitative estimate of drug-likeness (QED) is 0.294. The Bertz CT molecular complexity index is 783. The Labute approximate surface area is 200 Å². The highest BCUT2D eigenvalue weighted by Crippen LogP contribution is 2.35. The Hall–Kier alpha value is -2.85. The van der Waals surface area contributed by atoms with Crippen molar-refractivity contribution >= 4 is 29.8 Å². The van der Waals surface area contributed by atoms with Crippen LogP contribution in [0.5, 0.6) is 0 Å². The Morgan fingerprint density at radius 1 is 0.971 bits per heavy atom. The predicted octanol–water partition coefficient (Wildman–Crippen LogP) is 1.23. The van der Waals surface area contributed by atoms with E-state index in [0.29, 0.717) is 19.4 Å². The molecule has 0 unspecified atom stereocenters. The summed E-state index contributed by atoms with van der Waals surface area (Å²) in [6.45, 7) is 12.8. The van der Waals surface area contributed by atoms with Gasteiger partial charge in [-0.15, -0.1) is 0 Å². The van der Waals surface area contributed by atoms with E-state index in [0.717, 1.165) is 4.90 Å². The minimum absolute atomic E-state index is 0.0906. The molecule has 11 nitrogen and oxygen atoms in total. The van der Waals surface area contributed by atoms with E-state index in [1.165, 1.54) is 4.90 Å². The van der Waals surface area contributed by atoms with Gasteiger partial charge in [-0.2, -0.15) is 0 Å². The second-order valence-corrected chi connectivity index (χ2v) is 9.80. The summed E-state index contributed by atoms with van der Waals surface area (Å²) in [7, 11) is 0. The Kier molecular flexibility index (Phi) is 8.90. The second-order valence-electron chi connectivity index (χ2n) is 9.80. The molecule has 0 saturated carbocycles. The van der Waals surface area contributed by atoms with Gasteiger partial charge in [-0.25, -0.2) is 14.4 Å². The summed E-state index contributed by atoms with van der Waals surface area (Å²) in [6, 6.07) is -3.83. The van der Waals surface area contributed by atoms with Gasteiger partial charge in [0.2, 0.25) is 11.8 Å². The molecule has 1 N–H and O–H groups in total. The van der Waals surface area contributed by atoms with Crippen molar-refractivity contribution < 1.29 is 38.2 Å². The smallest absolute Gasteiger partial charge is 0.408 e. The summed E-state index contributed by atoms with van der Waals surface area (Å²) in [5, 5.41) is 2.62. The highest BCUT2D eigenvalue weighted by molar-refractivity contribution is 6.03. The average molecular weight is 484 g/mol. The SMILES string of the molecule is CCOC(=O)[C@H]1[C@H](C(=O)OCC)N1C(=O)[C@H]1CCN1C(=O)[C@H](CC(C)C)NC(=O)OC(C)(C)C. The minimum Gasteiger partial charge on any atom is -0.464 e. The molecular formula is C23H37N3O8. The van der Waals surface area contributed by atoms with E-state index in [9.17, 15) is 24.0 Å². The second kappa shape index (κ2) is 11.1. The number of esters is 2. The number of hydrogen-bond donors (Lipinski definition) is 1. The number of carbonyl (C=O) groups is 5. The topological polar surface area (TPSA) is 131 Å². The molecule has 11 heteroatoms. The van der Waals surface area contributed by atoms with E-state index in [2.05, 4.69) is 5.32 Å². The molecule has 2 saturated heterocycles. The van der Waals surface area contributed by atoms with Crippen molar-refractivity contribution in [1.82, 2.24) is 15.1 Å². The summed E-state index contributed by atoms with van der Waals surface area (Å²) in [5.74, 6) is -2.21. The van der Waals surface area contributed by atoms with Crippen LogP contribution < -0.4 is 5.32 Å². The van der Waals surface area contributed by atoms with Crippen molar-refractivity contribution in [1.29, 1.82) is 0 Å². The summed E-state index contributed by atoms with van der Waals surface area (Å²) >= 11 is 0. The van der Waals surface area contributed by atoms with E-state index in [4.69, 9.17) is 14.2 Å². The van der Waals surface area contributed by atoms with Crippen LogP contribution in [0, 0.1) is 5.92 Å². The third kappa shape index (κ3) is 6.60. The zero-order chi connectivity index (χ0) is 25.8. The number of nitrogens with zero attached hydrogens (tertiary/aromatic N) is 2. The van der Waals surface area contributed by atoms with Gasteiger partial charge in [0.1, 0.15) is 17.7 Å².